The SMILES string of the molecule is NC(=O)CN(CCC1CCCCC1)CC(=O)NC(=O)NC1CCCC1. The number of urea groups is 1. The molecular formula is C18H32N4O3. The second-order valence-electron chi connectivity index (χ2n) is 7.47. The molecule has 2 aliphatic rings. The average Bonchev–Trinajstić information content (AvgIpc) is 3.05. The van der Waals surface area contributed by atoms with Crippen LogP contribution < -0.4 is 16.4 Å². The first-order valence-electron chi connectivity index (χ1n) is 9.64. The summed E-state index contributed by atoms with van der Waals surface area (Å²) in [4.78, 5) is 37.0. The van der Waals surface area contributed by atoms with Crippen molar-refractivity contribution in [1.82, 2.24) is 15.5 Å². The van der Waals surface area contributed by atoms with Crippen LogP contribution in [0.1, 0.15) is 64.2 Å². The van der Waals surface area contributed by atoms with Crippen molar-refractivity contribution < 1.29 is 14.4 Å². The zero-order chi connectivity index (χ0) is 18.1. The van der Waals surface area contributed by atoms with Gasteiger partial charge in [-0.2, -0.15) is 0 Å². The number of hydrogen-bond donors (Lipinski definition) is 3. The molecular weight excluding hydrogens is 320 g/mol. The van der Waals surface area contributed by atoms with Gasteiger partial charge in [0.25, 0.3) is 0 Å². The van der Waals surface area contributed by atoms with Crippen LogP contribution in [0.15, 0.2) is 0 Å². The molecule has 4 amide bonds. The maximum atomic E-state index is 12.1. The summed E-state index contributed by atoms with van der Waals surface area (Å²) in [5, 5.41) is 5.19. The summed E-state index contributed by atoms with van der Waals surface area (Å²) in [5.41, 5.74) is 5.30. The van der Waals surface area contributed by atoms with Crippen molar-refractivity contribution in [3.05, 3.63) is 0 Å². The van der Waals surface area contributed by atoms with Gasteiger partial charge in [0, 0.05) is 6.04 Å². The van der Waals surface area contributed by atoms with Gasteiger partial charge < -0.3 is 11.1 Å². The molecule has 0 atom stereocenters. The standard InChI is InChI=1S/C18H32N4O3/c19-16(23)12-22(11-10-14-6-2-1-3-7-14)13-17(24)21-18(25)20-15-8-4-5-9-15/h14-15H,1-13H2,(H2,19,23)(H2,20,21,24,25). The van der Waals surface area contributed by atoms with Crippen molar-refractivity contribution in [3.63, 3.8) is 0 Å². The molecule has 2 aliphatic carbocycles. The van der Waals surface area contributed by atoms with Crippen molar-refractivity contribution in [2.45, 2.75) is 70.3 Å². The molecule has 0 spiro atoms. The number of amides is 4. The molecule has 4 N–H and O–H groups in total. The van der Waals surface area contributed by atoms with Crippen molar-refractivity contribution in [2.24, 2.45) is 11.7 Å². The third-order valence-electron chi connectivity index (χ3n) is 5.27. The van der Waals surface area contributed by atoms with E-state index in [2.05, 4.69) is 10.6 Å². The number of nitrogens with two attached hydrogens (primary N) is 1. The maximum Gasteiger partial charge on any atom is 0.321 e. The third kappa shape index (κ3) is 7.86. The quantitative estimate of drug-likeness (QED) is 0.616. The van der Waals surface area contributed by atoms with E-state index in [0.29, 0.717) is 12.5 Å². The second-order valence-corrected chi connectivity index (χ2v) is 7.47. The van der Waals surface area contributed by atoms with Crippen LogP contribution in [0.5, 0.6) is 0 Å². The molecule has 7 nitrogen and oxygen atoms in total. The van der Waals surface area contributed by atoms with Crippen LogP contribution in [-0.2, 0) is 9.59 Å². The molecule has 2 rings (SSSR count). The number of carbonyl (C=O) groups is 3. The Kier molecular flexibility index (Phi) is 8.18. The highest BCUT2D eigenvalue weighted by Gasteiger charge is 2.21. The molecule has 2 saturated carbocycles. The average molecular weight is 352 g/mol. The number of nitrogens with one attached hydrogen (secondary N) is 2. The van der Waals surface area contributed by atoms with Crippen LogP contribution in [0.25, 0.3) is 0 Å². The Morgan fingerprint density at radius 3 is 2.20 bits per heavy atom. The second kappa shape index (κ2) is 10.4. The normalized spacial score (nSPS) is 19.1. The molecule has 0 saturated heterocycles. The molecule has 25 heavy (non-hydrogen) atoms. The minimum Gasteiger partial charge on any atom is -0.369 e. The van der Waals surface area contributed by atoms with Crippen molar-refractivity contribution >= 4 is 17.8 Å². The predicted molar refractivity (Wildman–Crippen MR) is 95.8 cm³/mol. The first kappa shape index (κ1) is 19.7. The molecule has 0 bridgehead atoms. The summed E-state index contributed by atoms with van der Waals surface area (Å²) >= 11 is 0. The van der Waals surface area contributed by atoms with Gasteiger partial charge in [-0.25, -0.2) is 4.79 Å². The fraction of sp³-hybridized carbons (Fsp3) is 0.833. The molecule has 142 valence electrons. The topological polar surface area (TPSA) is 105 Å². The lowest BCUT2D eigenvalue weighted by atomic mass is 9.87. The Morgan fingerprint density at radius 2 is 1.56 bits per heavy atom. The van der Waals surface area contributed by atoms with Gasteiger partial charge in [0.2, 0.25) is 11.8 Å². The zero-order valence-electron chi connectivity index (χ0n) is 15.1. The smallest absolute Gasteiger partial charge is 0.321 e. The molecule has 0 radical (unpaired) electrons. The van der Waals surface area contributed by atoms with Crippen LogP contribution in [0, 0.1) is 5.92 Å². The molecule has 0 unspecified atom stereocenters. The van der Waals surface area contributed by atoms with Gasteiger partial charge in [0.1, 0.15) is 0 Å². The lowest BCUT2D eigenvalue weighted by Crippen LogP contribution is -2.48. The van der Waals surface area contributed by atoms with E-state index in [4.69, 9.17) is 5.73 Å². The van der Waals surface area contributed by atoms with E-state index in [0.717, 1.165) is 32.1 Å². The minimum atomic E-state index is -0.452. The van der Waals surface area contributed by atoms with E-state index in [1.54, 1.807) is 4.90 Å². The maximum absolute atomic E-state index is 12.1. The lowest BCUT2D eigenvalue weighted by Gasteiger charge is -2.26. The minimum absolute atomic E-state index is 0.0216. The summed E-state index contributed by atoms with van der Waals surface area (Å²) in [6.45, 7) is 0.726. The van der Waals surface area contributed by atoms with Crippen LogP contribution in [0.2, 0.25) is 0 Å². The van der Waals surface area contributed by atoms with Crippen molar-refractivity contribution in [3.8, 4) is 0 Å². The van der Waals surface area contributed by atoms with Gasteiger partial charge in [-0.05, 0) is 31.7 Å². The van der Waals surface area contributed by atoms with Gasteiger partial charge in [-0.1, -0.05) is 44.9 Å². The Labute approximate surface area is 150 Å². The van der Waals surface area contributed by atoms with Gasteiger partial charge in [0.15, 0.2) is 0 Å². The molecule has 0 aliphatic heterocycles. The molecule has 7 heteroatoms. The highest BCUT2D eigenvalue weighted by Crippen LogP contribution is 2.26. The van der Waals surface area contributed by atoms with E-state index >= 15 is 0 Å². The summed E-state index contributed by atoms with van der Waals surface area (Å²) in [7, 11) is 0. The van der Waals surface area contributed by atoms with E-state index in [1.165, 1.54) is 32.1 Å². The van der Waals surface area contributed by atoms with Crippen LogP contribution >= 0.6 is 0 Å². The highest BCUT2D eigenvalue weighted by molar-refractivity contribution is 5.95. The van der Waals surface area contributed by atoms with Crippen LogP contribution in [0.4, 0.5) is 4.79 Å². The van der Waals surface area contributed by atoms with E-state index < -0.39 is 11.9 Å². The largest absolute Gasteiger partial charge is 0.369 e. The summed E-state index contributed by atoms with van der Waals surface area (Å²) in [5.74, 6) is -0.176. The number of nitrogens with zero attached hydrogens (tertiary/aromatic N) is 1. The van der Waals surface area contributed by atoms with Gasteiger partial charge in [-0.15, -0.1) is 0 Å². The number of primary amides is 1. The molecule has 0 heterocycles. The summed E-state index contributed by atoms with van der Waals surface area (Å²) in [6, 6.07) is -0.274. The monoisotopic (exact) mass is 352 g/mol. The Morgan fingerprint density at radius 1 is 0.920 bits per heavy atom. The van der Waals surface area contributed by atoms with E-state index in [9.17, 15) is 14.4 Å². The number of imide groups is 1. The van der Waals surface area contributed by atoms with Crippen molar-refractivity contribution in [2.75, 3.05) is 19.6 Å². The Balaban J connectivity index is 1.73. The third-order valence-corrected chi connectivity index (χ3v) is 5.27. The molecule has 2 fully saturated rings. The van der Waals surface area contributed by atoms with Gasteiger partial charge >= 0.3 is 6.03 Å². The van der Waals surface area contributed by atoms with Crippen LogP contribution in [0.3, 0.4) is 0 Å². The highest BCUT2D eigenvalue weighted by atomic mass is 16.2. The Hall–Kier alpha value is -1.63. The number of hydrogen-bond acceptors (Lipinski definition) is 4. The zero-order valence-corrected chi connectivity index (χ0v) is 15.1. The first-order chi connectivity index (χ1) is 12.0. The van der Waals surface area contributed by atoms with Gasteiger partial charge in [-0.3, -0.25) is 19.8 Å². The number of carbonyl (C=O) groups excluding carboxylic acids is 3. The molecule has 0 aromatic heterocycles. The van der Waals surface area contributed by atoms with E-state index in [-0.39, 0.29) is 25.0 Å². The van der Waals surface area contributed by atoms with Gasteiger partial charge in [0.05, 0.1) is 13.1 Å². The lowest BCUT2D eigenvalue weighted by molar-refractivity contribution is -0.123. The number of rotatable bonds is 8. The van der Waals surface area contributed by atoms with E-state index in [1.807, 2.05) is 0 Å². The summed E-state index contributed by atoms with van der Waals surface area (Å²) < 4.78 is 0. The molecule has 0 aromatic carbocycles. The van der Waals surface area contributed by atoms with Crippen molar-refractivity contribution in [1.29, 1.82) is 0 Å². The molecule has 0 aromatic rings. The first-order valence-corrected chi connectivity index (χ1v) is 9.64. The van der Waals surface area contributed by atoms with Crippen LogP contribution in [-0.4, -0.2) is 48.4 Å². The summed E-state index contributed by atoms with van der Waals surface area (Å²) in [6.07, 6.45) is 11.4. The fourth-order valence-electron chi connectivity index (χ4n) is 3.94. The predicted octanol–water partition coefficient (Wildman–Crippen LogP) is 1.51. The fourth-order valence-corrected chi connectivity index (χ4v) is 3.94. The Bertz CT molecular complexity index is 457.